The van der Waals surface area contributed by atoms with Crippen LogP contribution in [0.25, 0.3) is 0 Å². The van der Waals surface area contributed by atoms with E-state index in [1.165, 1.54) is 24.3 Å². The smallest absolute Gasteiger partial charge is 0.394 e. The molecule has 1 aromatic rings. The van der Waals surface area contributed by atoms with Gasteiger partial charge in [0.25, 0.3) is 0 Å². The third-order valence-corrected chi connectivity index (χ3v) is 3.52. The Morgan fingerprint density at radius 3 is 2.52 bits per heavy atom. The molecule has 1 N–H and O–H groups in total. The highest BCUT2D eigenvalue weighted by Gasteiger charge is 2.48. The van der Waals surface area contributed by atoms with Crippen LogP contribution in [-0.2, 0) is 9.53 Å². The fourth-order valence-corrected chi connectivity index (χ4v) is 2.39. The molecule has 21 heavy (non-hydrogen) atoms. The van der Waals surface area contributed by atoms with E-state index in [4.69, 9.17) is 21.4 Å². The molecule has 0 aliphatic carbocycles. The van der Waals surface area contributed by atoms with Crippen molar-refractivity contribution in [1.82, 2.24) is 4.90 Å². The van der Waals surface area contributed by atoms with E-state index in [-0.39, 0.29) is 6.61 Å². The van der Waals surface area contributed by atoms with Gasteiger partial charge < -0.3 is 14.7 Å². The Morgan fingerprint density at radius 2 is 2.00 bits per heavy atom. The lowest BCUT2D eigenvalue weighted by Gasteiger charge is -2.41. The van der Waals surface area contributed by atoms with Crippen molar-refractivity contribution in [3.8, 4) is 0 Å². The summed E-state index contributed by atoms with van der Waals surface area (Å²) in [6.07, 6.45) is -4.72. The number of carbonyl (C=O) groups is 1. The lowest BCUT2D eigenvalue weighted by Crippen LogP contribution is -2.56. The van der Waals surface area contributed by atoms with Crippen LogP contribution in [0.3, 0.4) is 0 Å². The van der Waals surface area contributed by atoms with Crippen molar-refractivity contribution in [3.63, 3.8) is 0 Å². The molecule has 1 saturated heterocycles. The highest BCUT2D eigenvalue weighted by molar-refractivity contribution is 6.30. The summed E-state index contributed by atoms with van der Waals surface area (Å²) in [4.78, 5) is 12.5. The average molecular weight is 324 g/mol. The molecule has 1 aromatic carbocycles. The Morgan fingerprint density at radius 1 is 1.38 bits per heavy atom. The maximum atomic E-state index is 13.0. The lowest BCUT2D eigenvalue weighted by atomic mass is 10.0. The van der Waals surface area contributed by atoms with Gasteiger partial charge in [-0.25, -0.2) is 0 Å². The molecule has 1 heterocycles. The topological polar surface area (TPSA) is 49.8 Å². The zero-order valence-corrected chi connectivity index (χ0v) is 11.6. The SMILES string of the molecule is O=C1COCC(c2ccc(Cl)cc2)N1C(CO)C(F)(F)F. The third kappa shape index (κ3) is 3.48. The Bertz CT molecular complexity index is 506. The summed E-state index contributed by atoms with van der Waals surface area (Å²) < 4.78 is 44.1. The van der Waals surface area contributed by atoms with Crippen molar-refractivity contribution >= 4 is 17.5 Å². The molecule has 2 atom stereocenters. The molecule has 8 heteroatoms. The second kappa shape index (κ2) is 6.21. The van der Waals surface area contributed by atoms with Gasteiger partial charge in [-0.15, -0.1) is 0 Å². The number of alkyl halides is 3. The maximum absolute atomic E-state index is 13.0. The van der Waals surface area contributed by atoms with E-state index < -0.39 is 37.4 Å². The number of aliphatic hydroxyl groups excluding tert-OH is 1. The Hall–Kier alpha value is -1.31. The number of amides is 1. The van der Waals surface area contributed by atoms with E-state index >= 15 is 0 Å². The number of benzene rings is 1. The van der Waals surface area contributed by atoms with Crippen molar-refractivity contribution in [3.05, 3.63) is 34.9 Å². The number of ether oxygens (including phenoxy) is 1. The first-order valence-corrected chi connectivity index (χ1v) is 6.54. The fourth-order valence-electron chi connectivity index (χ4n) is 2.27. The van der Waals surface area contributed by atoms with Crippen LogP contribution in [0.1, 0.15) is 11.6 Å². The van der Waals surface area contributed by atoms with Crippen LogP contribution in [0.5, 0.6) is 0 Å². The van der Waals surface area contributed by atoms with Crippen LogP contribution < -0.4 is 0 Å². The van der Waals surface area contributed by atoms with Gasteiger partial charge in [-0.05, 0) is 17.7 Å². The predicted molar refractivity (Wildman–Crippen MR) is 68.8 cm³/mol. The van der Waals surface area contributed by atoms with Crippen molar-refractivity contribution in [1.29, 1.82) is 0 Å². The van der Waals surface area contributed by atoms with Gasteiger partial charge in [-0.2, -0.15) is 13.2 Å². The number of hydrogen-bond acceptors (Lipinski definition) is 3. The third-order valence-electron chi connectivity index (χ3n) is 3.27. The molecule has 1 aliphatic heterocycles. The molecule has 1 fully saturated rings. The lowest BCUT2D eigenvalue weighted by molar-refractivity contribution is -0.213. The van der Waals surface area contributed by atoms with E-state index in [9.17, 15) is 18.0 Å². The molecule has 1 amide bonds. The van der Waals surface area contributed by atoms with E-state index in [2.05, 4.69) is 0 Å². The van der Waals surface area contributed by atoms with E-state index in [0.29, 0.717) is 15.5 Å². The van der Waals surface area contributed by atoms with Gasteiger partial charge in [-0.3, -0.25) is 4.79 Å². The number of halogens is 4. The molecule has 2 unspecified atom stereocenters. The number of rotatable bonds is 3. The number of carbonyl (C=O) groups excluding carboxylic acids is 1. The number of morpholine rings is 1. The maximum Gasteiger partial charge on any atom is 0.411 e. The van der Waals surface area contributed by atoms with Crippen LogP contribution in [0.2, 0.25) is 5.02 Å². The first-order chi connectivity index (χ1) is 9.84. The van der Waals surface area contributed by atoms with E-state index in [1.807, 2.05) is 0 Å². The summed E-state index contributed by atoms with van der Waals surface area (Å²) in [6, 6.07) is 2.95. The van der Waals surface area contributed by atoms with Crippen LogP contribution in [-0.4, -0.2) is 48.0 Å². The zero-order valence-electron chi connectivity index (χ0n) is 10.8. The second-order valence-corrected chi connectivity index (χ2v) is 5.06. The number of nitrogens with zero attached hydrogens (tertiary/aromatic N) is 1. The van der Waals surface area contributed by atoms with Crippen LogP contribution >= 0.6 is 11.6 Å². The number of hydrogen-bond donors (Lipinski definition) is 1. The molecular formula is C13H13ClF3NO3. The molecule has 0 saturated carbocycles. The van der Waals surface area contributed by atoms with Crippen molar-refractivity contribution < 1.29 is 27.8 Å². The van der Waals surface area contributed by atoms with Crippen molar-refractivity contribution in [2.24, 2.45) is 0 Å². The minimum atomic E-state index is -4.72. The standard InChI is InChI=1S/C13H13ClF3NO3/c14-9-3-1-8(2-4-9)10-6-21-7-12(20)18(10)11(5-19)13(15,16)17/h1-4,10-11,19H,5-7H2. The Balaban J connectivity index is 2.37. The molecule has 0 radical (unpaired) electrons. The van der Waals surface area contributed by atoms with Crippen LogP contribution in [0, 0.1) is 0 Å². The predicted octanol–water partition coefficient (Wildman–Crippen LogP) is 2.16. The number of aliphatic hydroxyl groups is 1. The van der Waals surface area contributed by atoms with Gasteiger partial charge >= 0.3 is 6.18 Å². The fraction of sp³-hybridized carbons (Fsp3) is 0.462. The van der Waals surface area contributed by atoms with Gasteiger partial charge in [-0.1, -0.05) is 23.7 Å². The van der Waals surface area contributed by atoms with Gasteiger partial charge in [0.2, 0.25) is 5.91 Å². The molecule has 1 aliphatic rings. The summed E-state index contributed by atoms with van der Waals surface area (Å²) in [7, 11) is 0. The Labute approximate surface area is 124 Å². The normalized spacial score (nSPS) is 21.5. The largest absolute Gasteiger partial charge is 0.411 e. The summed E-state index contributed by atoms with van der Waals surface area (Å²) >= 11 is 5.75. The zero-order chi connectivity index (χ0) is 15.6. The van der Waals surface area contributed by atoms with Crippen LogP contribution in [0.4, 0.5) is 13.2 Å². The van der Waals surface area contributed by atoms with E-state index in [0.717, 1.165) is 0 Å². The average Bonchev–Trinajstić information content (AvgIpc) is 2.41. The highest BCUT2D eigenvalue weighted by atomic mass is 35.5. The minimum absolute atomic E-state index is 0.0695. The monoisotopic (exact) mass is 323 g/mol. The first-order valence-electron chi connectivity index (χ1n) is 6.16. The van der Waals surface area contributed by atoms with E-state index in [1.54, 1.807) is 0 Å². The summed E-state index contributed by atoms with van der Waals surface area (Å²) in [6.45, 7) is -1.70. The quantitative estimate of drug-likeness (QED) is 0.927. The molecule has 4 nitrogen and oxygen atoms in total. The van der Waals surface area contributed by atoms with Crippen LogP contribution in [0.15, 0.2) is 24.3 Å². The minimum Gasteiger partial charge on any atom is -0.394 e. The first kappa shape index (κ1) is 16.1. The van der Waals surface area contributed by atoms with Gasteiger partial charge in [0, 0.05) is 5.02 Å². The summed E-state index contributed by atoms with van der Waals surface area (Å²) in [5.74, 6) is -0.808. The molecule has 2 rings (SSSR count). The molecule has 0 spiro atoms. The molecule has 116 valence electrons. The van der Waals surface area contributed by atoms with Gasteiger partial charge in [0.1, 0.15) is 6.61 Å². The molecular weight excluding hydrogens is 311 g/mol. The van der Waals surface area contributed by atoms with Crippen molar-refractivity contribution in [2.75, 3.05) is 19.8 Å². The summed E-state index contributed by atoms with van der Waals surface area (Å²) in [5.41, 5.74) is 0.468. The summed E-state index contributed by atoms with van der Waals surface area (Å²) in [5, 5.41) is 9.50. The molecule has 0 aromatic heterocycles. The van der Waals surface area contributed by atoms with Gasteiger partial charge in [0.05, 0.1) is 19.3 Å². The van der Waals surface area contributed by atoms with Gasteiger partial charge in [0.15, 0.2) is 6.04 Å². The van der Waals surface area contributed by atoms with Crippen molar-refractivity contribution in [2.45, 2.75) is 18.3 Å². The second-order valence-electron chi connectivity index (χ2n) is 4.62. The molecule has 0 bridgehead atoms. The highest BCUT2D eigenvalue weighted by Crippen LogP contribution is 2.34. The Kier molecular flexibility index (Phi) is 4.75.